The molecule has 1 aliphatic rings. The van der Waals surface area contributed by atoms with Crippen LogP contribution in [0.15, 0.2) is 42.6 Å². The molecule has 1 aliphatic heterocycles. The molecule has 1 aromatic carbocycles. The van der Waals surface area contributed by atoms with Gasteiger partial charge in [0.25, 0.3) is 11.8 Å². The fourth-order valence-corrected chi connectivity index (χ4v) is 2.80. The van der Waals surface area contributed by atoms with Crippen molar-refractivity contribution in [3.05, 3.63) is 53.7 Å². The van der Waals surface area contributed by atoms with E-state index < -0.39 is 0 Å². The first-order chi connectivity index (χ1) is 12.1. The smallest absolute Gasteiger partial charge is 0.261 e. The van der Waals surface area contributed by atoms with Gasteiger partial charge in [0.05, 0.1) is 16.5 Å². The first-order valence-electron chi connectivity index (χ1n) is 7.69. The van der Waals surface area contributed by atoms with E-state index in [4.69, 9.17) is 0 Å². The normalized spacial score (nSPS) is 13.4. The molecule has 4 rings (SSSR count). The van der Waals surface area contributed by atoms with Crippen molar-refractivity contribution in [2.75, 3.05) is 11.9 Å². The zero-order valence-corrected chi connectivity index (χ0v) is 13.0. The van der Waals surface area contributed by atoms with Crippen molar-refractivity contribution in [2.24, 2.45) is 0 Å². The lowest BCUT2D eigenvalue weighted by molar-refractivity contribution is -0.116. The van der Waals surface area contributed by atoms with Crippen molar-refractivity contribution in [2.45, 2.75) is 6.42 Å². The highest BCUT2D eigenvalue weighted by Crippen LogP contribution is 2.23. The zero-order valence-electron chi connectivity index (χ0n) is 13.0. The maximum absolute atomic E-state index is 12.3. The molecule has 25 heavy (non-hydrogen) atoms. The van der Waals surface area contributed by atoms with Crippen LogP contribution in [-0.4, -0.2) is 44.3 Å². The average Bonchev–Trinajstić information content (AvgIpc) is 3.14. The second-order valence-electron chi connectivity index (χ2n) is 5.58. The summed E-state index contributed by atoms with van der Waals surface area (Å²) in [6.45, 7) is 0.0164. The number of fused-ring (bicyclic) bond motifs is 2. The number of nitrogens with zero attached hydrogens (tertiary/aromatic N) is 3. The number of aromatic amines is 1. The molecular weight excluding hydrogens is 322 g/mol. The molecule has 8 nitrogen and oxygen atoms in total. The number of hydrogen-bond acceptors (Lipinski definition) is 5. The number of anilines is 1. The summed E-state index contributed by atoms with van der Waals surface area (Å²) in [5.74, 6) is -0.629. The summed E-state index contributed by atoms with van der Waals surface area (Å²) in [5.41, 5.74) is 1.25. The van der Waals surface area contributed by atoms with E-state index in [1.807, 2.05) is 0 Å². The third-order valence-electron chi connectivity index (χ3n) is 4.03. The van der Waals surface area contributed by atoms with Gasteiger partial charge in [-0.15, -0.1) is 0 Å². The highest BCUT2D eigenvalue weighted by atomic mass is 16.2. The van der Waals surface area contributed by atoms with Gasteiger partial charge in [0.1, 0.15) is 5.82 Å². The molecule has 3 aromatic rings. The maximum Gasteiger partial charge on any atom is 0.261 e. The van der Waals surface area contributed by atoms with Crippen molar-refractivity contribution < 1.29 is 14.4 Å². The van der Waals surface area contributed by atoms with Crippen LogP contribution in [0.3, 0.4) is 0 Å². The summed E-state index contributed by atoms with van der Waals surface area (Å²) in [7, 11) is 0. The Kier molecular flexibility index (Phi) is 3.50. The monoisotopic (exact) mass is 335 g/mol. The molecule has 0 aliphatic carbocycles. The second kappa shape index (κ2) is 5.82. The van der Waals surface area contributed by atoms with Crippen LogP contribution in [0.5, 0.6) is 0 Å². The van der Waals surface area contributed by atoms with Crippen LogP contribution in [0.25, 0.3) is 11.0 Å². The van der Waals surface area contributed by atoms with Crippen molar-refractivity contribution >= 4 is 34.6 Å². The highest BCUT2D eigenvalue weighted by molar-refractivity contribution is 6.21. The van der Waals surface area contributed by atoms with Crippen LogP contribution < -0.4 is 5.32 Å². The molecule has 8 heteroatoms. The van der Waals surface area contributed by atoms with Crippen LogP contribution in [0.2, 0.25) is 0 Å². The molecule has 0 saturated carbocycles. The van der Waals surface area contributed by atoms with E-state index in [1.165, 1.54) is 0 Å². The quantitative estimate of drug-likeness (QED) is 0.704. The Labute approximate surface area is 141 Å². The molecule has 0 atom stereocenters. The Morgan fingerprint density at radius 1 is 1.08 bits per heavy atom. The number of hydrogen-bond donors (Lipinski definition) is 2. The minimum absolute atomic E-state index is 0.00769. The first-order valence-corrected chi connectivity index (χ1v) is 7.69. The number of rotatable bonds is 4. The Morgan fingerprint density at radius 3 is 2.52 bits per heavy atom. The van der Waals surface area contributed by atoms with Gasteiger partial charge in [-0.2, -0.15) is 5.10 Å². The number of carbonyl (C=O) groups excluding carboxylic acids is 3. The maximum atomic E-state index is 12.3. The van der Waals surface area contributed by atoms with E-state index >= 15 is 0 Å². The Bertz CT molecular complexity index is 975. The SMILES string of the molecule is O=C(CCN1C(=O)c2ccccc2C1=O)Nc1[nH]nc2ncccc12. The second-order valence-corrected chi connectivity index (χ2v) is 5.58. The van der Waals surface area contributed by atoms with Crippen molar-refractivity contribution in [3.8, 4) is 0 Å². The molecule has 3 heterocycles. The lowest BCUT2D eigenvalue weighted by atomic mass is 10.1. The van der Waals surface area contributed by atoms with Gasteiger partial charge >= 0.3 is 0 Å². The fourth-order valence-electron chi connectivity index (χ4n) is 2.80. The summed E-state index contributed by atoms with van der Waals surface area (Å²) < 4.78 is 0. The zero-order chi connectivity index (χ0) is 17.4. The molecule has 0 unspecified atom stereocenters. The standard InChI is InChI=1S/C17H13N5O3/c23-13(19-15-12-6-3-8-18-14(12)20-21-15)7-9-22-16(24)10-4-1-2-5-11(10)17(22)25/h1-6,8H,7,9H2,(H2,18,19,20,21,23). The predicted octanol–water partition coefficient (Wildman–Crippen LogP) is 1.58. The van der Waals surface area contributed by atoms with Gasteiger partial charge in [-0.3, -0.25) is 24.4 Å². The largest absolute Gasteiger partial charge is 0.310 e. The van der Waals surface area contributed by atoms with Crippen molar-refractivity contribution in [1.82, 2.24) is 20.1 Å². The summed E-state index contributed by atoms with van der Waals surface area (Å²) in [4.78, 5) is 41.9. The van der Waals surface area contributed by atoms with E-state index in [1.54, 1.807) is 42.6 Å². The average molecular weight is 335 g/mol. The molecule has 3 amide bonds. The first kappa shape index (κ1) is 15.0. The van der Waals surface area contributed by atoms with Crippen molar-refractivity contribution in [1.29, 1.82) is 0 Å². The number of H-pyrrole nitrogens is 1. The predicted molar refractivity (Wildman–Crippen MR) is 88.9 cm³/mol. The van der Waals surface area contributed by atoms with Crippen LogP contribution in [0.4, 0.5) is 5.82 Å². The minimum Gasteiger partial charge on any atom is -0.310 e. The van der Waals surface area contributed by atoms with Gasteiger partial charge in [-0.05, 0) is 24.3 Å². The number of imide groups is 1. The van der Waals surface area contributed by atoms with Gasteiger partial charge in [-0.1, -0.05) is 12.1 Å². The lowest BCUT2D eigenvalue weighted by Crippen LogP contribution is -2.32. The summed E-state index contributed by atoms with van der Waals surface area (Å²) in [6, 6.07) is 10.2. The van der Waals surface area contributed by atoms with E-state index in [9.17, 15) is 14.4 Å². The summed E-state index contributed by atoms with van der Waals surface area (Å²) >= 11 is 0. The van der Waals surface area contributed by atoms with E-state index in [0.29, 0.717) is 28.0 Å². The number of benzene rings is 1. The van der Waals surface area contributed by atoms with E-state index in [0.717, 1.165) is 4.90 Å². The minimum atomic E-state index is -0.371. The van der Waals surface area contributed by atoms with Gasteiger partial charge in [0, 0.05) is 19.2 Å². The van der Waals surface area contributed by atoms with E-state index in [-0.39, 0.29) is 30.7 Å². The molecule has 0 bridgehead atoms. The number of pyridine rings is 1. The molecule has 0 fully saturated rings. The van der Waals surface area contributed by atoms with Gasteiger partial charge in [0.2, 0.25) is 5.91 Å². The molecule has 0 spiro atoms. The molecule has 0 radical (unpaired) electrons. The Hall–Kier alpha value is -3.55. The number of aromatic nitrogens is 3. The number of amides is 3. The van der Waals surface area contributed by atoms with Crippen LogP contribution in [0.1, 0.15) is 27.1 Å². The number of nitrogens with one attached hydrogen (secondary N) is 2. The molecular formula is C17H13N5O3. The van der Waals surface area contributed by atoms with Gasteiger partial charge in [0.15, 0.2) is 5.65 Å². The third-order valence-corrected chi connectivity index (χ3v) is 4.03. The Balaban J connectivity index is 1.43. The highest BCUT2D eigenvalue weighted by Gasteiger charge is 2.34. The van der Waals surface area contributed by atoms with Crippen molar-refractivity contribution in [3.63, 3.8) is 0 Å². The lowest BCUT2D eigenvalue weighted by Gasteiger charge is -2.13. The van der Waals surface area contributed by atoms with Crippen LogP contribution >= 0.6 is 0 Å². The fraction of sp³-hybridized carbons (Fsp3) is 0.118. The number of carbonyl (C=O) groups is 3. The van der Waals surface area contributed by atoms with Gasteiger partial charge in [-0.25, -0.2) is 4.98 Å². The Morgan fingerprint density at radius 2 is 1.80 bits per heavy atom. The molecule has 124 valence electrons. The van der Waals surface area contributed by atoms with E-state index in [2.05, 4.69) is 20.5 Å². The molecule has 2 N–H and O–H groups in total. The van der Waals surface area contributed by atoms with Crippen LogP contribution in [-0.2, 0) is 4.79 Å². The third kappa shape index (κ3) is 2.53. The van der Waals surface area contributed by atoms with Gasteiger partial charge < -0.3 is 5.32 Å². The summed E-state index contributed by atoms with van der Waals surface area (Å²) in [5, 5.41) is 10.1. The molecule has 2 aromatic heterocycles. The van der Waals surface area contributed by atoms with Crippen LogP contribution in [0, 0.1) is 0 Å². The summed E-state index contributed by atoms with van der Waals surface area (Å²) in [6.07, 6.45) is 1.60. The topological polar surface area (TPSA) is 108 Å². The molecule has 0 saturated heterocycles.